The fraction of sp³-hybridized carbons (Fsp3) is 0.0556. The lowest BCUT2D eigenvalue weighted by Crippen LogP contribution is -2.28. The highest BCUT2D eigenvalue weighted by atomic mass is 35.5. The topological polar surface area (TPSA) is 166 Å². The number of amidine groups is 1. The lowest BCUT2D eigenvalue weighted by atomic mass is 10.2. The molecule has 258 valence electrons. The molecule has 0 unspecified atom stereocenters. The molecule has 1 aromatic heterocycles. The molecule has 0 radical (unpaired) electrons. The first-order valence-electron chi connectivity index (χ1n) is 15.1. The lowest BCUT2D eigenvalue weighted by molar-refractivity contribution is -0.122. The van der Waals surface area contributed by atoms with Crippen molar-refractivity contribution in [1.29, 1.82) is 0 Å². The maximum absolute atomic E-state index is 13.7. The van der Waals surface area contributed by atoms with Crippen molar-refractivity contribution in [1.82, 2.24) is 4.90 Å². The maximum Gasteiger partial charge on any atom is 0.267 e. The van der Waals surface area contributed by atoms with Crippen LogP contribution < -0.4 is 19.9 Å². The highest BCUT2D eigenvalue weighted by molar-refractivity contribution is 8.18. The van der Waals surface area contributed by atoms with E-state index in [9.17, 15) is 18.0 Å². The molecule has 2 amide bonds. The number of para-hydroxylation sites is 1. The van der Waals surface area contributed by atoms with Gasteiger partial charge in [-0.05, 0) is 102 Å². The van der Waals surface area contributed by atoms with Gasteiger partial charge in [-0.15, -0.1) is 5.10 Å². The number of rotatable bonds is 12. The molecule has 0 saturated carbocycles. The maximum atomic E-state index is 13.7. The van der Waals surface area contributed by atoms with Crippen molar-refractivity contribution in [2.75, 3.05) is 11.9 Å². The normalized spacial score (nSPS) is 14.8. The largest absolute Gasteiger partial charge is 0.483 e. The van der Waals surface area contributed by atoms with Gasteiger partial charge in [-0.3, -0.25) is 14.5 Å². The highest BCUT2D eigenvalue weighted by Gasteiger charge is 2.34. The second-order valence-corrected chi connectivity index (χ2v) is 13.8. The Balaban J connectivity index is 1.19. The molecule has 4 aromatic carbocycles. The third-order valence-electron chi connectivity index (χ3n) is 7.05. The molecule has 0 aliphatic carbocycles. The van der Waals surface area contributed by atoms with E-state index in [4.69, 9.17) is 30.6 Å². The van der Waals surface area contributed by atoms with Crippen LogP contribution in [-0.2, 0) is 26.2 Å². The summed E-state index contributed by atoms with van der Waals surface area (Å²) in [7, 11) is -3.87. The van der Waals surface area contributed by atoms with E-state index in [-0.39, 0.29) is 24.0 Å². The molecule has 0 bridgehead atoms. The van der Waals surface area contributed by atoms with Crippen molar-refractivity contribution in [3.8, 4) is 17.2 Å². The zero-order valence-corrected chi connectivity index (χ0v) is 28.9. The standard InChI is InChI=1S/C36H28ClN5O7S2/c37-26-11-16-32(48-23-34(43)40-27-12-14-31(15-13-27)51(38,45)46)25(19-26)20-33-35(44)42(22-30-10-5-17-47-30)36(50-33)41-39-21-24-6-4-9-29(18-24)49-28-7-2-1-3-8-28/h1-21H,22-23H2,(H,40,43)(H2,38,45,46)/b33-20-,39-21+,41-36-. The summed E-state index contributed by atoms with van der Waals surface area (Å²) in [5, 5.41) is 17.1. The molecule has 1 aliphatic heterocycles. The SMILES string of the molecule is NS(=O)(=O)c1ccc(NC(=O)COc2ccc(Cl)cc2/C=C2\S/C(=N\N=C\c3cccc(Oc4ccccc4)c3)N(Cc3ccco3)C2=O)cc1. The molecule has 2 heterocycles. The van der Waals surface area contributed by atoms with Gasteiger partial charge in [0.25, 0.3) is 11.8 Å². The summed E-state index contributed by atoms with van der Waals surface area (Å²) < 4.78 is 40.2. The van der Waals surface area contributed by atoms with Gasteiger partial charge in [0.05, 0.1) is 28.8 Å². The number of nitrogens with one attached hydrogen (secondary N) is 1. The Morgan fingerprint density at radius 2 is 1.75 bits per heavy atom. The highest BCUT2D eigenvalue weighted by Crippen LogP contribution is 2.36. The van der Waals surface area contributed by atoms with Crippen molar-refractivity contribution in [3.63, 3.8) is 0 Å². The average Bonchev–Trinajstić information content (AvgIpc) is 3.73. The van der Waals surface area contributed by atoms with Crippen molar-refractivity contribution in [2.45, 2.75) is 11.4 Å². The Hall–Kier alpha value is -5.67. The van der Waals surface area contributed by atoms with Crippen LogP contribution in [0.25, 0.3) is 6.08 Å². The van der Waals surface area contributed by atoms with Crippen molar-refractivity contribution < 1.29 is 31.9 Å². The summed E-state index contributed by atoms with van der Waals surface area (Å²) in [6.45, 7) is -0.276. The number of halogens is 1. The molecule has 12 nitrogen and oxygen atoms in total. The Morgan fingerprint density at radius 3 is 2.49 bits per heavy atom. The first-order valence-corrected chi connectivity index (χ1v) is 17.9. The quantitative estimate of drug-likeness (QED) is 0.0792. The fourth-order valence-electron chi connectivity index (χ4n) is 4.68. The van der Waals surface area contributed by atoms with Crippen LogP contribution in [0.2, 0.25) is 5.02 Å². The number of primary sulfonamides is 1. The van der Waals surface area contributed by atoms with Crippen LogP contribution >= 0.6 is 23.4 Å². The van der Waals surface area contributed by atoms with Crippen molar-refractivity contribution >= 4 is 68.3 Å². The molecule has 6 rings (SSSR count). The Kier molecular flexibility index (Phi) is 11.0. The van der Waals surface area contributed by atoms with Gasteiger partial charge in [-0.1, -0.05) is 41.9 Å². The van der Waals surface area contributed by atoms with Gasteiger partial charge >= 0.3 is 0 Å². The van der Waals surface area contributed by atoms with Crippen LogP contribution in [0.3, 0.4) is 0 Å². The number of nitrogens with zero attached hydrogens (tertiary/aromatic N) is 3. The van der Waals surface area contributed by atoms with E-state index in [2.05, 4.69) is 15.5 Å². The Labute approximate surface area is 302 Å². The van der Waals surface area contributed by atoms with E-state index in [1.54, 1.807) is 42.6 Å². The summed E-state index contributed by atoms with van der Waals surface area (Å²) >= 11 is 7.41. The minimum absolute atomic E-state index is 0.0860. The number of sulfonamides is 1. The zero-order chi connectivity index (χ0) is 35.8. The second kappa shape index (κ2) is 15.9. The number of amides is 2. The molecule has 15 heteroatoms. The van der Waals surface area contributed by atoms with Gasteiger partial charge < -0.3 is 19.2 Å². The van der Waals surface area contributed by atoms with Gasteiger partial charge in [-0.25, -0.2) is 13.6 Å². The number of hydrogen-bond acceptors (Lipinski definition) is 10. The summed E-state index contributed by atoms with van der Waals surface area (Å²) in [6, 6.07) is 30.4. The average molecular weight is 742 g/mol. The molecular weight excluding hydrogens is 714 g/mol. The lowest BCUT2D eigenvalue weighted by Gasteiger charge is -2.13. The van der Waals surface area contributed by atoms with E-state index in [0.717, 1.165) is 17.3 Å². The number of hydrogen-bond donors (Lipinski definition) is 2. The number of carbonyl (C=O) groups is 2. The number of benzene rings is 4. The van der Waals surface area contributed by atoms with E-state index in [1.807, 2.05) is 54.6 Å². The molecule has 0 atom stereocenters. The van der Waals surface area contributed by atoms with E-state index in [0.29, 0.717) is 49.4 Å². The van der Waals surface area contributed by atoms with Gasteiger partial charge in [0.15, 0.2) is 11.8 Å². The first-order chi connectivity index (χ1) is 24.6. The number of carbonyl (C=O) groups excluding carboxylic acids is 2. The summed E-state index contributed by atoms with van der Waals surface area (Å²) in [6.07, 6.45) is 4.68. The predicted octanol–water partition coefficient (Wildman–Crippen LogP) is 6.90. The number of furan rings is 1. The van der Waals surface area contributed by atoms with Crippen molar-refractivity contribution in [2.24, 2.45) is 15.3 Å². The smallest absolute Gasteiger partial charge is 0.267 e. The van der Waals surface area contributed by atoms with E-state index >= 15 is 0 Å². The molecule has 0 spiro atoms. The molecule has 1 saturated heterocycles. The van der Waals surface area contributed by atoms with Gasteiger partial charge in [-0.2, -0.15) is 5.10 Å². The Morgan fingerprint density at radius 1 is 0.961 bits per heavy atom. The fourth-order valence-corrected chi connectivity index (χ4v) is 6.30. The summed E-state index contributed by atoms with van der Waals surface area (Å²) in [5.41, 5.74) is 1.53. The minimum Gasteiger partial charge on any atom is -0.483 e. The monoisotopic (exact) mass is 741 g/mol. The van der Waals surface area contributed by atoms with Crippen LogP contribution in [0.1, 0.15) is 16.9 Å². The third kappa shape index (κ3) is 9.52. The van der Waals surface area contributed by atoms with Crippen LogP contribution in [0, 0.1) is 0 Å². The van der Waals surface area contributed by atoms with Crippen LogP contribution in [0.4, 0.5) is 5.69 Å². The van der Waals surface area contributed by atoms with Gasteiger partial charge in [0.1, 0.15) is 23.0 Å². The molecule has 51 heavy (non-hydrogen) atoms. The number of anilines is 1. The second-order valence-electron chi connectivity index (χ2n) is 10.8. The first kappa shape index (κ1) is 35.2. The minimum atomic E-state index is -3.87. The molecular formula is C36H28ClN5O7S2. The number of nitrogens with two attached hydrogens (primary N) is 1. The number of ether oxygens (including phenoxy) is 2. The molecule has 3 N–H and O–H groups in total. The zero-order valence-electron chi connectivity index (χ0n) is 26.5. The van der Waals surface area contributed by atoms with Crippen LogP contribution in [0.15, 0.2) is 140 Å². The van der Waals surface area contributed by atoms with E-state index in [1.165, 1.54) is 35.4 Å². The molecule has 1 aliphatic rings. The summed E-state index contributed by atoms with van der Waals surface area (Å²) in [5.74, 6) is 1.31. The summed E-state index contributed by atoms with van der Waals surface area (Å²) in [4.78, 5) is 28.0. The van der Waals surface area contributed by atoms with Gasteiger partial charge in [0.2, 0.25) is 10.0 Å². The van der Waals surface area contributed by atoms with Crippen LogP contribution in [-0.4, -0.2) is 43.1 Å². The molecule has 1 fully saturated rings. The third-order valence-corrected chi connectivity index (χ3v) is 9.21. The van der Waals surface area contributed by atoms with E-state index < -0.39 is 15.9 Å². The Bertz CT molecular complexity index is 2240. The predicted molar refractivity (Wildman–Crippen MR) is 196 cm³/mol. The molecule has 5 aromatic rings. The van der Waals surface area contributed by atoms with Crippen LogP contribution in [0.5, 0.6) is 17.2 Å². The van der Waals surface area contributed by atoms with Crippen molar-refractivity contribution in [3.05, 3.63) is 142 Å². The number of thioether (sulfide) groups is 1. The van der Waals surface area contributed by atoms with Gasteiger partial charge in [0, 0.05) is 16.3 Å².